The van der Waals surface area contributed by atoms with Gasteiger partial charge in [0.1, 0.15) is 0 Å². The van der Waals surface area contributed by atoms with E-state index in [0.717, 1.165) is 5.56 Å². The molecule has 0 aliphatic heterocycles. The Labute approximate surface area is 111 Å². The van der Waals surface area contributed by atoms with E-state index in [2.05, 4.69) is 10.3 Å². The first-order valence-electron chi connectivity index (χ1n) is 6.21. The van der Waals surface area contributed by atoms with Crippen LogP contribution in [0.3, 0.4) is 0 Å². The van der Waals surface area contributed by atoms with Gasteiger partial charge in [-0.1, -0.05) is 12.2 Å². The number of aliphatic carboxylic acids is 1. The molecule has 0 bridgehead atoms. The van der Waals surface area contributed by atoms with Gasteiger partial charge in [0.15, 0.2) is 0 Å². The van der Waals surface area contributed by atoms with Gasteiger partial charge in [0.25, 0.3) is 0 Å². The van der Waals surface area contributed by atoms with Gasteiger partial charge in [-0.25, -0.2) is 0 Å². The molecule has 0 radical (unpaired) electrons. The molecule has 2 rings (SSSR count). The summed E-state index contributed by atoms with van der Waals surface area (Å²) in [4.78, 5) is 26.9. The number of pyridine rings is 1. The van der Waals surface area contributed by atoms with Crippen LogP contribution in [0.2, 0.25) is 0 Å². The Morgan fingerprint density at radius 2 is 1.84 bits per heavy atom. The minimum Gasteiger partial charge on any atom is -0.550 e. The lowest BCUT2D eigenvalue weighted by Crippen LogP contribution is -2.43. The molecule has 5 heteroatoms. The summed E-state index contributed by atoms with van der Waals surface area (Å²) in [5.74, 6) is -2.68. The van der Waals surface area contributed by atoms with Crippen molar-refractivity contribution in [2.75, 3.05) is 0 Å². The summed E-state index contributed by atoms with van der Waals surface area (Å²) in [5.41, 5.74) is 0.930. The van der Waals surface area contributed by atoms with Crippen molar-refractivity contribution < 1.29 is 14.7 Å². The molecule has 1 N–H and O–H groups in total. The molecular formula is C14H15N2O3-. The number of nitrogens with zero attached hydrogens (tertiary/aromatic N) is 1. The fraction of sp³-hybridized carbons (Fsp3) is 0.357. The van der Waals surface area contributed by atoms with Gasteiger partial charge >= 0.3 is 0 Å². The first kappa shape index (κ1) is 13.3. The van der Waals surface area contributed by atoms with Crippen molar-refractivity contribution in [2.45, 2.75) is 19.4 Å². The topological polar surface area (TPSA) is 82.1 Å². The number of allylic oxidation sites excluding steroid dienone is 2. The monoisotopic (exact) mass is 259 g/mol. The molecule has 19 heavy (non-hydrogen) atoms. The first-order chi connectivity index (χ1) is 9.18. The number of carbonyl (C=O) groups is 2. The van der Waals surface area contributed by atoms with E-state index in [1.165, 1.54) is 0 Å². The van der Waals surface area contributed by atoms with Crippen molar-refractivity contribution in [3.8, 4) is 0 Å². The summed E-state index contributed by atoms with van der Waals surface area (Å²) in [6.45, 7) is 0.376. The van der Waals surface area contributed by atoms with Crippen LogP contribution in [0.5, 0.6) is 0 Å². The molecular weight excluding hydrogens is 244 g/mol. The lowest BCUT2D eigenvalue weighted by Gasteiger charge is -2.28. The van der Waals surface area contributed by atoms with Crippen molar-refractivity contribution in [1.82, 2.24) is 10.3 Å². The summed E-state index contributed by atoms with van der Waals surface area (Å²) in [7, 11) is 0. The van der Waals surface area contributed by atoms with Gasteiger partial charge in [0.05, 0.1) is 0 Å². The smallest absolute Gasteiger partial charge is 0.224 e. The zero-order valence-corrected chi connectivity index (χ0v) is 10.4. The zero-order valence-electron chi connectivity index (χ0n) is 10.4. The summed E-state index contributed by atoms with van der Waals surface area (Å²) >= 11 is 0. The number of carbonyl (C=O) groups excluding carboxylic acids is 2. The summed E-state index contributed by atoms with van der Waals surface area (Å²) in [5, 5.41) is 13.8. The predicted octanol–water partition coefficient (Wildman–Crippen LogP) is 0.0301. The molecule has 1 amide bonds. The van der Waals surface area contributed by atoms with Crippen molar-refractivity contribution in [1.29, 1.82) is 0 Å². The van der Waals surface area contributed by atoms with Crippen LogP contribution in [-0.2, 0) is 16.1 Å². The number of carboxylic acid groups (broad SMARTS) is 1. The molecule has 0 saturated heterocycles. The molecule has 1 aliphatic carbocycles. The highest BCUT2D eigenvalue weighted by Gasteiger charge is 2.29. The molecule has 100 valence electrons. The first-order valence-corrected chi connectivity index (χ1v) is 6.21. The van der Waals surface area contributed by atoms with Crippen molar-refractivity contribution in [2.24, 2.45) is 11.8 Å². The van der Waals surface area contributed by atoms with Crippen LogP contribution in [-0.4, -0.2) is 16.9 Å². The number of carboxylic acids is 1. The zero-order chi connectivity index (χ0) is 13.7. The van der Waals surface area contributed by atoms with Gasteiger partial charge in [0, 0.05) is 36.7 Å². The van der Waals surface area contributed by atoms with Crippen LogP contribution >= 0.6 is 0 Å². The average molecular weight is 259 g/mol. The van der Waals surface area contributed by atoms with Crippen LogP contribution in [0.25, 0.3) is 0 Å². The number of hydrogen-bond acceptors (Lipinski definition) is 4. The van der Waals surface area contributed by atoms with Gasteiger partial charge in [-0.3, -0.25) is 9.78 Å². The fourth-order valence-corrected chi connectivity index (χ4v) is 2.19. The van der Waals surface area contributed by atoms with E-state index < -0.39 is 17.8 Å². The highest BCUT2D eigenvalue weighted by molar-refractivity contribution is 5.84. The molecule has 0 aromatic carbocycles. The maximum atomic E-state index is 12.0. The van der Waals surface area contributed by atoms with Gasteiger partial charge in [-0.15, -0.1) is 0 Å². The van der Waals surface area contributed by atoms with Crippen LogP contribution < -0.4 is 10.4 Å². The summed E-state index contributed by atoms with van der Waals surface area (Å²) in [6, 6.07) is 3.61. The normalized spacial score (nSPS) is 21.9. The third kappa shape index (κ3) is 3.40. The highest BCUT2D eigenvalue weighted by atomic mass is 16.4. The molecule has 1 aromatic heterocycles. The van der Waals surface area contributed by atoms with Crippen LogP contribution in [0, 0.1) is 11.8 Å². The van der Waals surface area contributed by atoms with Gasteiger partial charge < -0.3 is 15.2 Å². The van der Waals surface area contributed by atoms with Crippen LogP contribution in [0.15, 0.2) is 36.7 Å². The second-order valence-corrected chi connectivity index (χ2v) is 4.55. The predicted molar refractivity (Wildman–Crippen MR) is 66.4 cm³/mol. The lowest BCUT2D eigenvalue weighted by molar-refractivity contribution is -0.313. The molecule has 1 aromatic rings. The number of amides is 1. The highest BCUT2D eigenvalue weighted by Crippen LogP contribution is 2.25. The maximum Gasteiger partial charge on any atom is 0.224 e. The number of hydrogen-bond donors (Lipinski definition) is 1. The van der Waals surface area contributed by atoms with Crippen LogP contribution in [0.4, 0.5) is 0 Å². The van der Waals surface area contributed by atoms with E-state index in [0.29, 0.717) is 19.4 Å². The minimum atomic E-state index is -1.16. The Morgan fingerprint density at radius 3 is 2.47 bits per heavy atom. The number of aromatic nitrogens is 1. The van der Waals surface area contributed by atoms with E-state index in [9.17, 15) is 14.7 Å². The molecule has 2 atom stereocenters. The summed E-state index contributed by atoms with van der Waals surface area (Å²) < 4.78 is 0. The van der Waals surface area contributed by atoms with E-state index in [4.69, 9.17) is 0 Å². The van der Waals surface area contributed by atoms with E-state index in [1.807, 2.05) is 6.08 Å². The third-order valence-electron chi connectivity index (χ3n) is 3.29. The van der Waals surface area contributed by atoms with Crippen molar-refractivity contribution >= 4 is 11.9 Å². The Morgan fingerprint density at radius 1 is 1.21 bits per heavy atom. The average Bonchev–Trinajstić information content (AvgIpc) is 2.46. The van der Waals surface area contributed by atoms with Crippen LogP contribution in [0.1, 0.15) is 18.4 Å². The van der Waals surface area contributed by atoms with E-state index in [-0.39, 0.29) is 5.91 Å². The standard InChI is InChI=1S/C14H16N2O3/c17-13(16-9-10-5-7-15-8-6-10)11-3-1-2-4-12(11)14(18)19/h1-2,5-8,11-12H,3-4,9H2,(H,16,17)(H,18,19)/p-1/t11-,12+/m0/s1. The second-order valence-electron chi connectivity index (χ2n) is 4.55. The second kappa shape index (κ2) is 6.13. The lowest BCUT2D eigenvalue weighted by atomic mass is 9.82. The third-order valence-corrected chi connectivity index (χ3v) is 3.29. The fourth-order valence-electron chi connectivity index (χ4n) is 2.19. The summed E-state index contributed by atoms with van der Waals surface area (Å²) in [6.07, 6.45) is 7.73. The molecule has 0 fully saturated rings. The Hall–Kier alpha value is -2.17. The van der Waals surface area contributed by atoms with Gasteiger partial charge in [-0.2, -0.15) is 0 Å². The largest absolute Gasteiger partial charge is 0.550 e. The maximum absolute atomic E-state index is 12.0. The Kier molecular flexibility index (Phi) is 4.28. The minimum absolute atomic E-state index is 0.240. The SMILES string of the molecule is O=C(NCc1ccncc1)[C@H]1CC=CC[C@H]1C(=O)[O-]. The Balaban J connectivity index is 1.95. The van der Waals surface area contributed by atoms with E-state index in [1.54, 1.807) is 30.6 Å². The van der Waals surface area contributed by atoms with Gasteiger partial charge in [0.2, 0.25) is 5.91 Å². The van der Waals surface area contributed by atoms with E-state index >= 15 is 0 Å². The molecule has 1 aliphatic rings. The molecule has 0 spiro atoms. The number of rotatable bonds is 4. The Bertz CT molecular complexity index is 485. The van der Waals surface area contributed by atoms with Gasteiger partial charge in [-0.05, 0) is 30.5 Å². The quantitative estimate of drug-likeness (QED) is 0.773. The van der Waals surface area contributed by atoms with Crippen molar-refractivity contribution in [3.05, 3.63) is 42.2 Å². The number of nitrogens with one attached hydrogen (secondary N) is 1. The molecule has 0 unspecified atom stereocenters. The molecule has 0 saturated carbocycles. The molecule has 5 nitrogen and oxygen atoms in total. The molecule has 1 heterocycles. The van der Waals surface area contributed by atoms with Crippen molar-refractivity contribution in [3.63, 3.8) is 0 Å².